The van der Waals surface area contributed by atoms with Crippen LogP contribution in [-0.4, -0.2) is 22.5 Å². The van der Waals surface area contributed by atoms with Crippen molar-refractivity contribution in [2.24, 2.45) is 0 Å². The number of nitrogens with one attached hydrogen (secondary N) is 1. The highest BCUT2D eigenvalue weighted by Gasteiger charge is 2.07. The molecule has 0 fully saturated rings. The van der Waals surface area contributed by atoms with Crippen LogP contribution < -0.4 is 5.32 Å². The summed E-state index contributed by atoms with van der Waals surface area (Å²) < 4.78 is 13.3. The molecule has 3 aromatic rings. The van der Waals surface area contributed by atoms with E-state index < -0.39 is 0 Å². The number of phenolic OH excluding ortho intramolecular Hbond substituents is 1. The van der Waals surface area contributed by atoms with Gasteiger partial charge in [-0.25, -0.2) is 4.39 Å². The lowest BCUT2D eigenvalue weighted by Crippen LogP contribution is -2.25. The average molecular weight is 336 g/mol. The molecule has 0 spiro atoms. The van der Waals surface area contributed by atoms with Crippen molar-refractivity contribution in [3.05, 3.63) is 83.8 Å². The maximum atomic E-state index is 13.3. The van der Waals surface area contributed by atoms with Crippen LogP contribution in [0.25, 0.3) is 11.3 Å². The molecule has 2 aromatic carbocycles. The van der Waals surface area contributed by atoms with Gasteiger partial charge in [-0.15, -0.1) is 0 Å². The van der Waals surface area contributed by atoms with Crippen LogP contribution >= 0.6 is 0 Å². The fourth-order valence-corrected chi connectivity index (χ4v) is 2.43. The van der Waals surface area contributed by atoms with Gasteiger partial charge in [0, 0.05) is 18.3 Å². The second-order valence-electron chi connectivity index (χ2n) is 5.61. The summed E-state index contributed by atoms with van der Waals surface area (Å²) in [6.45, 7) is 0.481. The molecule has 126 valence electrons. The maximum Gasteiger partial charge on any atom is 0.252 e. The first-order valence-electron chi connectivity index (χ1n) is 7.90. The zero-order valence-electron chi connectivity index (χ0n) is 13.4. The Morgan fingerprint density at radius 1 is 1.08 bits per heavy atom. The second kappa shape index (κ2) is 7.57. The van der Waals surface area contributed by atoms with Gasteiger partial charge in [-0.05, 0) is 48.4 Å². The van der Waals surface area contributed by atoms with Gasteiger partial charge in [-0.3, -0.25) is 9.78 Å². The third-order valence-corrected chi connectivity index (χ3v) is 3.78. The van der Waals surface area contributed by atoms with Crippen LogP contribution in [0.2, 0.25) is 0 Å². The number of carbonyl (C=O) groups excluding carboxylic acids is 1. The molecule has 3 rings (SSSR count). The van der Waals surface area contributed by atoms with Gasteiger partial charge in [0.15, 0.2) is 0 Å². The van der Waals surface area contributed by atoms with Crippen LogP contribution in [0.1, 0.15) is 15.9 Å². The van der Waals surface area contributed by atoms with Crippen molar-refractivity contribution in [3.8, 4) is 17.0 Å². The number of rotatable bonds is 5. The molecule has 0 unspecified atom stereocenters. The van der Waals surface area contributed by atoms with Gasteiger partial charge in [-0.1, -0.05) is 24.3 Å². The van der Waals surface area contributed by atoms with E-state index in [0.29, 0.717) is 29.8 Å². The lowest BCUT2D eigenvalue weighted by atomic mass is 10.1. The number of hydrogen-bond donors (Lipinski definition) is 2. The Hall–Kier alpha value is -3.21. The van der Waals surface area contributed by atoms with E-state index in [1.165, 1.54) is 18.3 Å². The number of carbonyl (C=O) groups is 1. The molecule has 4 nitrogen and oxygen atoms in total. The van der Waals surface area contributed by atoms with Gasteiger partial charge in [0.25, 0.3) is 5.91 Å². The topological polar surface area (TPSA) is 62.2 Å². The third-order valence-electron chi connectivity index (χ3n) is 3.78. The Balaban J connectivity index is 1.58. The molecule has 0 atom stereocenters. The molecule has 0 saturated heterocycles. The van der Waals surface area contributed by atoms with Crippen molar-refractivity contribution in [1.82, 2.24) is 10.3 Å². The van der Waals surface area contributed by atoms with Gasteiger partial charge in [-0.2, -0.15) is 0 Å². The zero-order chi connectivity index (χ0) is 17.6. The predicted octanol–water partition coefficient (Wildman–Crippen LogP) is 3.57. The Kier molecular flexibility index (Phi) is 5.04. The van der Waals surface area contributed by atoms with E-state index in [1.807, 2.05) is 12.1 Å². The number of aromatic nitrogens is 1. The quantitative estimate of drug-likeness (QED) is 0.749. The first-order chi connectivity index (χ1) is 12.1. The van der Waals surface area contributed by atoms with Crippen LogP contribution in [0, 0.1) is 5.82 Å². The van der Waals surface area contributed by atoms with E-state index in [2.05, 4.69) is 10.3 Å². The summed E-state index contributed by atoms with van der Waals surface area (Å²) in [6.07, 6.45) is 2.15. The van der Waals surface area contributed by atoms with E-state index in [-0.39, 0.29) is 17.5 Å². The fourth-order valence-electron chi connectivity index (χ4n) is 2.43. The molecular weight excluding hydrogens is 319 g/mol. The Morgan fingerprint density at radius 2 is 1.88 bits per heavy atom. The number of nitrogens with zero attached hydrogens (tertiary/aromatic N) is 1. The number of hydrogen-bond acceptors (Lipinski definition) is 3. The summed E-state index contributed by atoms with van der Waals surface area (Å²) in [7, 11) is 0. The van der Waals surface area contributed by atoms with Crippen molar-refractivity contribution in [2.75, 3.05) is 6.54 Å². The van der Waals surface area contributed by atoms with Crippen molar-refractivity contribution in [2.45, 2.75) is 6.42 Å². The number of phenols is 1. The maximum absolute atomic E-state index is 13.3. The molecule has 0 aliphatic carbocycles. The van der Waals surface area contributed by atoms with Gasteiger partial charge < -0.3 is 10.4 Å². The minimum absolute atomic E-state index is 0.211. The van der Waals surface area contributed by atoms with E-state index in [1.54, 1.807) is 36.4 Å². The zero-order valence-corrected chi connectivity index (χ0v) is 13.4. The van der Waals surface area contributed by atoms with Crippen LogP contribution in [0.5, 0.6) is 5.75 Å². The summed E-state index contributed by atoms with van der Waals surface area (Å²) in [6, 6.07) is 16.4. The first-order valence-corrected chi connectivity index (χ1v) is 7.90. The summed E-state index contributed by atoms with van der Waals surface area (Å²) >= 11 is 0. The van der Waals surface area contributed by atoms with Gasteiger partial charge in [0.1, 0.15) is 11.6 Å². The number of aromatic hydroxyl groups is 1. The second-order valence-corrected chi connectivity index (χ2v) is 5.61. The number of amides is 1. The third kappa shape index (κ3) is 4.41. The van der Waals surface area contributed by atoms with Crippen molar-refractivity contribution >= 4 is 5.91 Å². The van der Waals surface area contributed by atoms with Gasteiger partial charge in [0.05, 0.1) is 11.3 Å². The SMILES string of the molecule is O=C(NCCc1ccc(O)cc1)c1ccc(-c2cccc(F)c2)nc1. The summed E-state index contributed by atoms with van der Waals surface area (Å²) in [4.78, 5) is 16.4. The molecule has 25 heavy (non-hydrogen) atoms. The summed E-state index contributed by atoms with van der Waals surface area (Å²) in [5.74, 6) is -0.315. The monoisotopic (exact) mass is 336 g/mol. The highest BCUT2D eigenvalue weighted by atomic mass is 19.1. The van der Waals surface area contributed by atoms with Gasteiger partial charge in [0.2, 0.25) is 0 Å². The predicted molar refractivity (Wildman–Crippen MR) is 93.8 cm³/mol. The highest BCUT2D eigenvalue weighted by molar-refractivity contribution is 5.94. The number of benzene rings is 2. The van der Waals surface area contributed by atoms with Crippen LogP contribution in [0.3, 0.4) is 0 Å². The van der Waals surface area contributed by atoms with E-state index in [9.17, 15) is 14.3 Å². The molecule has 5 heteroatoms. The Bertz CT molecular complexity index is 862. The molecule has 2 N–H and O–H groups in total. The molecule has 0 saturated carbocycles. The van der Waals surface area contributed by atoms with Crippen LogP contribution in [0.15, 0.2) is 66.9 Å². The molecule has 0 aliphatic heterocycles. The van der Waals surface area contributed by atoms with Crippen molar-refractivity contribution < 1.29 is 14.3 Å². The molecule has 1 aromatic heterocycles. The van der Waals surface area contributed by atoms with Crippen molar-refractivity contribution in [1.29, 1.82) is 0 Å². The summed E-state index contributed by atoms with van der Waals surface area (Å²) in [5.41, 5.74) is 2.75. The largest absolute Gasteiger partial charge is 0.508 e. The van der Waals surface area contributed by atoms with E-state index in [4.69, 9.17) is 0 Å². The smallest absolute Gasteiger partial charge is 0.252 e. The fraction of sp³-hybridized carbons (Fsp3) is 0.100. The summed E-state index contributed by atoms with van der Waals surface area (Å²) in [5, 5.41) is 12.1. The van der Waals surface area contributed by atoms with Crippen LogP contribution in [-0.2, 0) is 6.42 Å². The Morgan fingerprint density at radius 3 is 2.56 bits per heavy atom. The van der Waals surface area contributed by atoms with E-state index in [0.717, 1.165) is 5.56 Å². The lowest BCUT2D eigenvalue weighted by Gasteiger charge is -2.06. The standard InChI is InChI=1S/C20H17FN2O2/c21-17-3-1-2-15(12-17)19-9-6-16(13-23-19)20(25)22-11-10-14-4-7-18(24)8-5-14/h1-9,12-13,24H,10-11H2,(H,22,25). The number of halogens is 1. The Labute approximate surface area is 145 Å². The van der Waals surface area contributed by atoms with Crippen LogP contribution in [0.4, 0.5) is 4.39 Å². The van der Waals surface area contributed by atoms with Crippen molar-refractivity contribution in [3.63, 3.8) is 0 Å². The lowest BCUT2D eigenvalue weighted by molar-refractivity contribution is 0.0954. The normalized spacial score (nSPS) is 10.4. The molecule has 0 radical (unpaired) electrons. The number of pyridine rings is 1. The molecule has 0 aliphatic rings. The van der Waals surface area contributed by atoms with Gasteiger partial charge >= 0.3 is 0 Å². The molecule has 1 amide bonds. The molecule has 1 heterocycles. The highest BCUT2D eigenvalue weighted by Crippen LogP contribution is 2.18. The first kappa shape index (κ1) is 16.6. The van der Waals surface area contributed by atoms with E-state index >= 15 is 0 Å². The molecular formula is C20H17FN2O2. The minimum atomic E-state index is -0.324. The average Bonchev–Trinajstić information content (AvgIpc) is 2.63. The molecule has 0 bridgehead atoms. The minimum Gasteiger partial charge on any atom is -0.508 e.